The van der Waals surface area contributed by atoms with Crippen molar-refractivity contribution in [3.8, 4) is 5.19 Å². The van der Waals surface area contributed by atoms with E-state index in [0.29, 0.717) is 22.3 Å². The Morgan fingerprint density at radius 3 is 2.95 bits per heavy atom. The molecule has 0 radical (unpaired) electrons. The van der Waals surface area contributed by atoms with Gasteiger partial charge >= 0.3 is 6.03 Å². The Morgan fingerprint density at radius 1 is 1.40 bits per heavy atom. The van der Waals surface area contributed by atoms with Crippen molar-refractivity contribution in [1.82, 2.24) is 15.5 Å². The van der Waals surface area contributed by atoms with E-state index >= 15 is 0 Å². The fourth-order valence-corrected chi connectivity index (χ4v) is 2.97. The molecule has 2 aliphatic rings. The summed E-state index contributed by atoms with van der Waals surface area (Å²) in [5, 5.41) is 14.1. The Labute approximate surface area is 121 Å². The molecule has 8 heteroatoms. The molecule has 2 amide bonds. The summed E-state index contributed by atoms with van der Waals surface area (Å²) in [6, 6.07) is -0.0746. The van der Waals surface area contributed by atoms with Gasteiger partial charge in [-0.05, 0) is 42.9 Å². The van der Waals surface area contributed by atoms with E-state index in [2.05, 4.69) is 20.8 Å². The van der Waals surface area contributed by atoms with Gasteiger partial charge in [0.1, 0.15) is 0 Å². The predicted molar refractivity (Wildman–Crippen MR) is 74.1 cm³/mol. The first-order valence-electron chi connectivity index (χ1n) is 6.81. The van der Waals surface area contributed by atoms with E-state index < -0.39 is 0 Å². The minimum absolute atomic E-state index is 0.171. The molecule has 2 atom stereocenters. The zero-order valence-corrected chi connectivity index (χ0v) is 12.1. The Kier molecular flexibility index (Phi) is 4.02. The van der Waals surface area contributed by atoms with E-state index in [1.54, 1.807) is 0 Å². The molecule has 7 nitrogen and oxygen atoms in total. The van der Waals surface area contributed by atoms with E-state index in [4.69, 9.17) is 9.47 Å². The van der Waals surface area contributed by atoms with Gasteiger partial charge in [0.2, 0.25) is 5.13 Å². The Balaban J connectivity index is 1.47. The number of hydrogen-bond acceptors (Lipinski definition) is 6. The normalized spacial score (nSPS) is 26.1. The van der Waals surface area contributed by atoms with Gasteiger partial charge in [0.15, 0.2) is 0 Å². The van der Waals surface area contributed by atoms with Gasteiger partial charge in [-0.25, -0.2) is 4.79 Å². The van der Waals surface area contributed by atoms with Crippen LogP contribution in [0.15, 0.2) is 0 Å². The lowest BCUT2D eigenvalue weighted by molar-refractivity contribution is -0.00889. The smallest absolute Gasteiger partial charge is 0.321 e. The molecule has 0 spiro atoms. The van der Waals surface area contributed by atoms with Crippen molar-refractivity contribution < 1.29 is 14.3 Å². The van der Waals surface area contributed by atoms with E-state index in [-0.39, 0.29) is 12.1 Å². The van der Waals surface area contributed by atoms with Crippen LogP contribution < -0.4 is 15.4 Å². The van der Waals surface area contributed by atoms with Crippen LogP contribution in [-0.2, 0) is 4.74 Å². The molecule has 3 rings (SSSR count). The average Bonchev–Trinajstić information content (AvgIpc) is 3.20. The van der Waals surface area contributed by atoms with E-state index in [1.807, 2.05) is 0 Å². The highest BCUT2D eigenvalue weighted by Gasteiger charge is 2.36. The van der Waals surface area contributed by atoms with E-state index in [0.717, 1.165) is 19.4 Å². The summed E-state index contributed by atoms with van der Waals surface area (Å²) >= 11 is 1.20. The van der Waals surface area contributed by atoms with Crippen LogP contribution in [0.4, 0.5) is 9.93 Å². The Bertz CT molecular complexity index is 477. The van der Waals surface area contributed by atoms with Crippen LogP contribution in [0.2, 0.25) is 0 Å². The van der Waals surface area contributed by atoms with Crippen LogP contribution in [0.3, 0.4) is 0 Å². The molecule has 1 aromatic heterocycles. The number of aromatic nitrogens is 2. The van der Waals surface area contributed by atoms with Gasteiger partial charge in [-0.3, -0.25) is 5.32 Å². The van der Waals surface area contributed by atoms with Crippen LogP contribution in [0.1, 0.15) is 25.7 Å². The monoisotopic (exact) mass is 298 g/mol. The highest BCUT2D eigenvalue weighted by Crippen LogP contribution is 2.38. The summed E-state index contributed by atoms with van der Waals surface area (Å²) in [6.07, 6.45) is 4.59. The summed E-state index contributed by atoms with van der Waals surface area (Å²) in [7, 11) is 1.52. The van der Waals surface area contributed by atoms with Gasteiger partial charge in [-0.2, -0.15) is 0 Å². The van der Waals surface area contributed by atoms with Crippen LogP contribution in [-0.4, -0.2) is 42.1 Å². The molecule has 1 aromatic rings. The maximum absolute atomic E-state index is 11.9. The number of methoxy groups -OCH3 is 1. The van der Waals surface area contributed by atoms with Gasteiger partial charge in [0, 0.05) is 12.6 Å². The molecule has 1 saturated heterocycles. The molecule has 0 unspecified atom stereocenters. The molecule has 2 heterocycles. The van der Waals surface area contributed by atoms with Crippen LogP contribution >= 0.6 is 11.3 Å². The molecule has 2 fully saturated rings. The fourth-order valence-electron chi connectivity index (χ4n) is 2.42. The highest BCUT2D eigenvalue weighted by atomic mass is 32.1. The Morgan fingerprint density at radius 2 is 2.25 bits per heavy atom. The number of urea groups is 1. The van der Waals surface area contributed by atoms with Crippen molar-refractivity contribution in [2.75, 3.05) is 19.0 Å². The van der Waals surface area contributed by atoms with E-state index in [1.165, 1.54) is 31.3 Å². The second-order valence-corrected chi connectivity index (χ2v) is 6.08. The number of carbonyl (C=O) groups is 1. The zero-order valence-electron chi connectivity index (χ0n) is 11.3. The number of amides is 2. The third-order valence-electron chi connectivity index (χ3n) is 3.60. The van der Waals surface area contributed by atoms with Crippen LogP contribution in [0, 0.1) is 5.92 Å². The molecule has 1 aliphatic carbocycles. The zero-order chi connectivity index (χ0) is 13.9. The topological polar surface area (TPSA) is 85.4 Å². The van der Waals surface area contributed by atoms with Crippen molar-refractivity contribution in [2.45, 2.75) is 37.8 Å². The number of rotatable bonds is 4. The summed E-state index contributed by atoms with van der Waals surface area (Å²) in [4.78, 5) is 11.9. The number of hydrogen-bond donors (Lipinski definition) is 2. The fraction of sp³-hybridized carbons (Fsp3) is 0.750. The molecule has 1 aliphatic heterocycles. The lowest BCUT2D eigenvalue weighted by Crippen LogP contribution is -2.44. The summed E-state index contributed by atoms with van der Waals surface area (Å²) < 4.78 is 10.7. The molecule has 20 heavy (non-hydrogen) atoms. The number of anilines is 1. The summed E-state index contributed by atoms with van der Waals surface area (Å²) in [5.74, 6) is 0.704. The van der Waals surface area contributed by atoms with Crippen molar-refractivity contribution in [2.24, 2.45) is 5.92 Å². The molecule has 0 aromatic carbocycles. The lowest BCUT2D eigenvalue weighted by Gasteiger charge is -2.30. The maximum atomic E-state index is 11.9. The van der Waals surface area contributed by atoms with Crippen LogP contribution in [0.25, 0.3) is 0 Å². The second-order valence-electron chi connectivity index (χ2n) is 5.14. The van der Waals surface area contributed by atoms with Crippen molar-refractivity contribution in [3.05, 3.63) is 0 Å². The third kappa shape index (κ3) is 3.37. The first kappa shape index (κ1) is 13.6. The molecule has 2 N–H and O–H groups in total. The van der Waals surface area contributed by atoms with Gasteiger partial charge < -0.3 is 14.8 Å². The number of carbonyl (C=O) groups excluding carboxylic acids is 1. The maximum Gasteiger partial charge on any atom is 0.321 e. The number of nitrogens with zero attached hydrogens (tertiary/aromatic N) is 2. The average molecular weight is 298 g/mol. The second kappa shape index (κ2) is 5.92. The number of nitrogens with one attached hydrogen (secondary N) is 2. The predicted octanol–water partition coefficient (Wildman–Crippen LogP) is 1.63. The molecule has 0 bridgehead atoms. The highest BCUT2D eigenvalue weighted by molar-refractivity contribution is 7.17. The largest absolute Gasteiger partial charge is 0.472 e. The number of ether oxygens (including phenoxy) is 2. The van der Waals surface area contributed by atoms with Gasteiger partial charge in [0.05, 0.1) is 13.2 Å². The molecule has 110 valence electrons. The lowest BCUT2D eigenvalue weighted by atomic mass is 10.0. The summed E-state index contributed by atoms with van der Waals surface area (Å²) in [6.45, 7) is 0.721. The minimum Gasteiger partial charge on any atom is -0.472 e. The first-order valence-corrected chi connectivity index (χ1v) is 7.63. The molecular weight excluding hydrogens is 280 g/mol. The van der Waals surface area contributed by atoms with Gasteiger partial charge in [-0.1, -0.05) is 5.10 Å². The third-order valence-corrected chi connectivity index (χ3v) is 4.40. The minimum atomic E-state index is -0.245. The van der Waals surface area contributed by atoms with Crippen LogP contribution in [0.5, 0.6) is 5.19 Å². The van der Waals surface area contributed by atoms with Crippen molar-refractivity contribution in [1.29, 1.82) is 0 Å². The van der Waals surface area contributed by atoms with Crippen molar-refractivity contribution >= 4 is 22.5 Å². The van der Waals surface area contributed by atoms with Gasteiger partial charge in [0.25, 0.3) is 5.19 Å². The SMILES string of the molecule is COc1nnc(NC(=O)N[C@H]2CCO[C@H](C3CC3)C2)s1. The first-order chi connectivity index (χ1) is 9.74. The van der Waals surface area contributed by atoms with E-state index in [9.17, 15) is 4.79 Å². The standard InChI is InChI=1S/C12H18N4O3S/c1-18-12-16-15-11(20-12)14-10(17)13-8-4-5-19-9(6-8)7-2-3-7/h7-9H,2-6H2,1H3,(H2,13,14,15,17)/t8-,9-/m0/s1. The quantitative estimate of drug-likeness (QED) is 0.882. The molecular formula is C12H18N4O3S. The Hall–Kier alpha value is -1.41. The van der Waals surface area contributed by atoms with Gasteiger partial charge in [-0.15, -0.1) is 5.10 Å². The summed E-state index contributed by atoms with van der Waals surface area (Å²) in [5.41, 5.74) is 0. The molecule has 1 saturated carbocycles. The van der Waals surface area contributed by atoms with Crippen molar-refractivity contribution in [3.63, 3.8) is 0 Å².